The Kier molecular flexibility index (Phi) is 3.59. The molecule has 1 aliphatic rings. The number of hydrogen-bond donors (Lipinski definition) is 1. The highest BCUT2D eigenvalue weighted by Gasteiger charge is 2.19. The van der Waals surface area contributed by atoms with Gasteiger partial charge < -0.3 is 10.2 Å². The average Bonchev–Trinajstić information content (AvgIpc) is 3.17. The van der Waals surface area contributed by atoms with Gasteiger partial charge in [-0.25, -0.2) is 0 Å². The van der Waals surface area contributed by atoms with Crippen molar-refractivity contribution < 1.29 is 0 Å². The van der Waals surface area contributed by atoms with E-state index < -0.39 is 0 Å². The largest absolute Gasteiger partial charge is 0.341 e. The second-order valence-electron chi connectivity index (χ2n) is 6.57. The van der Waals surface area contributed by atoms with Crippen LogP contribution in [-0.4, -0.2) is 32.8 Å². The Hall–Kier alpha value is -2.63. The normalized spacial score (nSPS) is 14.5. The lowest BCUT2D eigenvalue weighted by Crippen LogP contribution is -2.21. The maximum atomic E-state index is 4.80. The maximum Gasteiger partial charge on any atom is 0.229 e. The Morgan fingerprint density at radius 3 is 2.42 bits per heavy atom. The number of aryl methyl sites for hydroxylation is 3. The Bertz CT molecular complexity index is 872. The lowest BCUT2D eigenvalue weighted by Gasteiger charge is -2.17. The highest BCUT2D eigenvalue weighted by molar-refractivity contribution is 5.89. The van der Waals surface area contributed by atoms with Crippen molar-refractivity contribution in [2.45, 2.75) is 26.7 Å². The monoisotopic (exact) mass is 322 g/mol. The van der Waals surface area contributed by atoms with Gasteiger partial charge in [-0.05, 0) is 49.9 Å². The van der Waals surface area contributed by atoms with E-state index in [0.29, 0.717) is 0 Å². The average molecular weight is 322 g/mol. The molecule has 6 heteroatoms. The van der Waals surface area contributed by atoms with Crippen molar-refractivity contribution in [2.75, 3.05) is 23.3 Å². The van der Waals surface area contributed by atoms with E-state index in [-0.39, 0.29) is 0 Å². The highest BCUT2D eigenvalue weighted by atomic mass is 15.3. The molecule has 1 N–H and O–H groups in total. The second-order valence-corrected chi connectivity index (χ2v) is 6.57. The van der Waals surface area contributed by atoms with E-state index in [2.05, 4.69) is 47.4 Å². The van der Waals surface area contributed by atoms with Gasteiger partial charge in [-0.1, -0.05) is 6.07 Å². The van der Waals surface area contributed by atoms with Crippen LogP contribution in [0.4, 0.5) is 17.5 Å². The first-order valence-corrected chi connectivity index (χ1v) is 8.40. The van der Waals surface area contributed by atoms with Gasteiger partial charge in [0.1, 0.15) is 5.82 Å². The molecule has 0 bridgehead atoms. The van der Waals surface area contributed by atoms with Crippen molar-refractivity contribution in [3.05, 3.63) is 35.5 Å². The van der Waals surface area contributed by atoms with Crippen molar-refractivity contribution in [1.29, 1.82) is 0 Å². The molecule has 0 aliphatic carbocycles. The quantitative estimate of drug-likeness (QED) is 0.801. The zero-order valence-electron chi connectivity index (χ0n) is 14.4. The number of benzene rings is 1. The van der Waals surface area contributed by atoms with Crippen LogP contribution >= 0.6 is 0 Å². The van der Waals surface area contributed by atoms with Crippen LogP contribution in [0.2, 0.25) is 0 Å². The van der Waals surface area contributed by atoms with Crippen LogP contribution in [0.5, 0.6) is 0 Å². The highest BCUT2D eigenvalue weighted by Crippen LogP contribution is 2.28. The Morgan fingerprint density at radius 1 is 1.00 bits per heavy atom. The summed E-state index contributed by atoms with van der Waals surface area (Å²) in [4.78, 5) is 11.8. The molecule has 1 fully saturated rings. The minimum absolute atomic E-state index is 0.787. The number of hydrogen-bond acceptors (Lipinski definition) is 5. The molecule has 0 amide bonds. The van der Waals surface area contributed by atoms with Crippen LogP contribution in [0, 0.1) is 13.8 Å². The first-order valence-electron chi connectivity index (χ1n) is 8.40. The summed E-state index contributed by atoms with van der Waals surface area (Å²) in [6.45, 7) is 6.25. The van der Waals surface area contributed by atoms with Crippen molar-refractivity contribution in [3.8, 4) is 0 Å². The second kappa shape index (κ2) is 5.78. The van der Waals surface area contributed by atoms with Gasteiger partial charge in [-0.15, -0.1) is 0 Å². The number of nitrogens with zero attached hydrogens (tertiary/aromatic N) is 5. The third kappa shape index (κ3) is 2.68. The van der Waals surface area contributed by atoms with E-state index in [1.165, 1.54) is 24.0 Å². The molecule has 0 radical (unpaired) electrons. The summed E-state index contributed by atoms with van der Waals surface area (Å²) < 4.78 is 1.81. The van der Waals surface area contributed by atoms with Crippen LogP contribution in [-0.2, 0) is 7.05 Å². The predicted molar refractivity (Wildman–Crippen MR) is 96.9 cm³/mol. The summed E-state index contributed by atoms with van der Waals surface area (Å²) >= 11 is 0. The molecule has 0 atom stereocenters. The number of anilines is 3. The molecule has 0 saturated carbocycles. The summed E-state index contributed by atoms with van der Waals surface area (Å²) in [5.41, 5.74) is 4.37. The van der Waals surface area contributed by atoms with Gasteiger partial charge in [0, 0.05) is 25.8 Å². The maximum absolute atomic E-state index is 4.80. The van der Waals surface area contributed by atoms with Gasteiger partial charge in [0.05, 0.1) is 11.6 Å². The molecule has 2 aromatic heterocycles. The summed E-state index contributed by atoms with van der Waals surface area (Å²) in [6, 6.07) is 6.43. The van der Waals surface area contributed by atoms with Gasteiger partial charge >= 0.3 is 0 Å². The molecule has 6 nitrogen and oxygen atoms in total. The lowest BCUT2D eigenvalue weighted by atomic mass is 10.1. The first-order chi connectivity index (χ1) is 11.6. The predicted octanol–water partition coefficient (Wildman–Crippen LogP) is 3.32. The first kappa shape index (κ1) is 14.9. The molecule has 1 aliphatic heterocycles. The molecule has 3 aromatic rings. The SMILES string of the molecule is Cc1cc(C)cc(Nc2nc(N3CCCC3)nc3c2cnn3C)c1. The lowest BCUT2D eigenvalue weighted by molar-refractivity contribution is 0.782. The summed E-state index contributed by atoms with van der Waals surface area (Å²) in [5, 5.41) is 8.78. The topological polar surface area (TPSA) is 58.9 Å². The van der Waals surface area contributed by atoms with E-state index in [1.807, 2.05) is 17.9 Å². The Balaban J connectivity index is 1.80. The molecular weight excluding hydrogens is 300 g/mol. The molecule has 124 valence electrons. The van der Waals surface area contributed by atoms with Crippen LogP contribution in [0.25, 0.3) is 11.0 Å². The fourth-order valence-electron chi connectivity index (χ4n) is 3.35. The molecule has 0 spiro atoms. The standard InChI is InChI=1S/C18H22N6/c1-12-8-13(2)10-14(9-12)20-16-15-11-19-23(3)17(15)22-18(21-16)24-6-4-5-7-24/h8-11H,4-7H2,1-3H3,(H,20,21,22). The molecule has 4 rings (SSSR count). The number of aromatic nitrogens is 4. The third-order valence-electron chi connectivity index (χ3n) is 4.45. The fraction of sp³-hybridized carbons (Fsp3) is 0.389. The van der Waals surface area contributed by atoms with Gasteiger partial charge in [-0.3, -0.25) is 4.68 Å². The van der Waals surface area contributed by atoms with E-state index in [9.17, 15) is 0 Å². The molecule has 0 unspecified atom stereocenters. The van der Waals surface area contributed by atoms with Crippen molar-refractivity contribution >= 4 is 28.5 Å². The zero-order valence-corrected chi connectivity index (χ0v) is 14.4. The fourth-order valence-corrected chi connectivity index (χ4v) is 3.35. The number of nitrogens with one attached hydrogen (secondary N) is 1. The van der Waals surface area contributed by atoms with Gasteiger partial charge in [0.25, 0.3) is 0 Å². The smallest absolute Gasteiger partial charge is 0.229 e. The van der Waals surface area contributed by atoms with Gasteiger partial charge in [0.2, 0.25) is 5.95 Å². The van der Waals surface area contributed by atoms with Crippen molar-refractivity contribution in [1.82, 2.24) is 19.7 Å². The van der Waals surface area contributed by atoms with E-state index in [0.717, 1.165) is 41.6 Å². The third-order valence-corrected chi connectivity index (χ3v) is 4.45. The Labute approximate surface area is 141 Å². The van der Waals surface area contributed by atoms with E-state index in [4.69, 9.17) is 9.97 Å². The molecule has 1 saturated heterocycles. The minimum atomic E-state index is 0.787. The van der Waals surface area contributed by atoms with Crippen LogP contribution in [0.1, 0.15) is 24.0 Å². The van der Waals surface area contributed by atoms with Crippen LogP contribution in [0.15, 0.2) is 24.4 Å². The molecular formula is C18H22N6. The summed E-state index contributed by atoms with van der Waals surface area (Å²) in [7, 11) is 1.92. The van der Waals surface area contributed by atoms with Crippen molar-refractivity contribution in [2.24, 2.45) is 7.05 Å². The summed E-state index contributed by atoms with van der Waals surface area (Å²) in [5.74, 6) is 1.61. The minimum Gasteiger partial charge on any atom is -0.341 e. The Morgan fingerprint density at radius 2 is 1.71 bits per heavy atom. The number of rotatable bonds is 3. The molecule has 3 heterocycles. The van der Waals surface area contributed by atoms with Crippen molar-refractivity contribution in [3.63, 3.8) is 0 Å². The molecule has 24 heavy (non-hydrogen) atoms. The zero-order chi connectivity index (χ0) is 16.7. The van der Waals surface area contributed by atoms with Crippen LogP contribution in [0.3, 0.4) is 0 Å². The molecule has 1 aromatic carbocycles. The van der Waals surface area contributed by atoms with E-state index >= 15 is 0 Å². The summed E-state index contributed by atoms with van der Waals surface area (Å²) in [6.07, 6.45) is 4.23. The van der Waals surface area contributed by atoms with E-state index in [1.54, 1.807) is 0 Å². The van der Waals surface area contributed by atoms with Gasteiger partial charge in [0.15, 0.2) is 5.65 Å². The van der Waals surface area contributed by atoms with Crippen LogP contribution < -0.4 is 10.2 Å². The number of fused-ring (bicyclic) bond motifs is 1. The van der Waals surface area contributed by atoms with Gasteiger partial charge in [-0.2, -0.15) is 15.1 Å².